The molecule has 1 fully saturated rings. The maximum absolute atomic E-state index is 12.3. The van der Waals surface area contributed by atoms with Gasteiger partial charge >= 0.3 is 0 Å². The van der Waals surface area contributed by atoms with Gasteiger partial charge in [0.15, 0.2) is 0 Å². The lowest BCUT2D eigenvalue weighted by Crippen LogP contribution is -2.37. The van der Waals surface area contributed by atoms with Crippen LogP contribution in [0.3, 0.4) is 0 Å². The van der Waals surface area contributed by atoms with Crippen LogP contribution in [0.5, 0.6) is 0 Å². The van der Waals surface area contributed by atoms with E-state index in [1.54, 1.807) is 0 Å². The van der Waals surface area contributed by atoms with Crippen LogP contribution in [-0.4, -0.2) is 42.9 Å². The zero-order chi connectivity index (χ0) is 15.6. The zero-order valence-corrected chi connectivity index (χ0v) is 14.3. The molecular weight excluding hydrogens is 294 g/mol. The summed E-state index contributed by atoms with van der Waals surface area (Å²) in [7, 11) is 0. The van der Waals surface area contributed by atoms with Crippen molar-refractivity contribution >= 4 is 17.7 Å². The van der Waals surface area contributed by atoms with E-state index in [4.69, 9.17) is 4.74 Å². The minimum atomic E-state index is 0.301. The van der Waals surface area contributed by atoms with Crippen LogP contribution in [0.15, 0.2) is 30.3 Å². The van der Waals surface area contributed by atoms with E-state index in [1.807, 2.05) is 22.7 Å². The number of amides is 1. The van der Waals surface area contributed by atoms with E-state index < -0.39 is 0 Å². The van der Waals surface area contributed by atoms with Gasteiger partial charge in [-0.15, -0.1) is 0 Å². The number of ether oxygens (including phenoxy) is 1. The minimum Gasteiger partial charge on any atom is -0.381 e. The van der Waals surface area contributed by atoms with Crippen LogP contribution in [0.1, 0.15) is 31.7 Å². The lowest BCUT2D eigenvalue weighted by atomic mass is 9.99. The van der Waals surface area contributed by atoms with Gasteiger partial charge in [-0.1, -0.05) is 30.3 Å². The van der Waals surface area contributed by atoms with E-state index in [0.29, 0.717) is 18.2 Å². The summed E-state index contributed by atoms with van der Waals surface area (Å²) in [6.45, 7) is 5.50. The first kappa shape index (κ1) is 17.4. The number of thioether (sulfide) groups is 1. The molecule has 0 N–H and O–H groups in total. The van der Waals surface area contributed by atoms with Gasteiger partial charge < -0.3 is 9.64 Å². The molecule has 0 saturated carbocycles. The second-order valence-corrected chi connectivity index (χ2v) is 6.88. The summed E-state index contributed by atoms with van der Waals surface area (Å²) < 4.78 is 5.39. The molecule has 1 saturated heterocycles. The number of carbonyl (C=O) groups is 1. The van der Waals surface area contributed by atoms with Crippen LogP contribution in [0, 0.1) is 5.92 Å². The van der Waals surface area contributed by atoms with Gasteiger partial charge in [-0.2, -0.15) is 11.8 Å². The first-order chi connectivity index (χ1) is 10.8. The van der Waals surface area contributed by atoms with Crippen molar-refractivity contribution in [2.75, 3.05) is 32.1 Å². The molecule has 0 aromatic heterocycles. The molecule has 4 heteroatoms. The molecule has 1 amide bonds. The first-order valence-corrected chi connectivity index (χ1v) is 9.42. The fourth-order valence-electron chi connectivity index (χ4n) is 2.73. The standard InChI is InChI=1S/C18H27NO2S/c1-2-19(14-16-8-11-21-12-9-16)18(20)10-13-22-15-17-6-4-3-5-7-17/h3-7,16H,2,8-15H2,1H3. The molecule has 122 valence electrons. The molecule has 1 aliphatic rings. The maximum atomic E-state index is 12.3. The second kappa shape index (κ2) is 9.90. The predicted molar refractivity (Wildman–Crippen MR) is 93.0 cm³/mol. The highest BCUT2D eigenvalue weighted by molar-refractivity contribution is 7.98. The third-order valence-corrected chi connectivity index (χ3v) is 5.16. The number of hydrogen-bond acceptors (Lipinski definition) is 3. The largest absolute Gasteiger partial charge is 0.381 e. The Bertz CT molecular complexity index is 432. The molecule has 3 nitrogen and oxygen atoms in total. The van der Waals surface area contributed by atoms with Gasteiger partial charge in [-0.3, -0.25) is 4.79 Å². The Morgan fingerprint density at radius 2 is 2.00 bits per heavy atom. The summed E-state index contributed by atoms with van der Waals surface area (Å²) in [6, 6.07) is 10.4. The average Bonchev–Trinajstić information content (AvgIpc) is 2.58. The van der Waals surface area contributed by atoms with Crippen LogP contribution in [0.25, 0.3) is 0 Å². The van der Waals surface area contributed by atoms with Gasteiger partial charge in [-0.05, 0) is 31.2 Å². The van der Waals surface area contributed by atoms with Crippen molar-refractivity contribution < 1.29 is 9.53 Å². The smallest absolute Gasteiger partial charge is 0.223 e. The summed E-state index contributed by atoms with van der Waals surface area (Å²) in [6.07, 6.45) is 2.83. The van der Waals surface area contributed by atoms with E-state index in [1.165, 1.54) is 5.56 Å². The van der Waals surface area contributed by atoms with Crippen molar-refractivity contribution in [3.8, 4) is 0 Å². The van der Waals surface area contributed by atoms with Crippen molar-refractivity contribution in [1.29, 1.82) is 0 Å². The Hall–Kier alpha value is -1.00. The Labute approximate surface area is 138 Å². The van der Waals surface area contributed by atoms with Crippen molar-refractivity contribution in [2.45, 2.75) is 31.9 Å². The van der Waals surface area contributed by atoms with E-state index in [9.17, 15) is 4.79 Å². The normalized spacial score (nSPS) is 15.7. The lowest BCUT2D eigenvalue weighted by molar-refractivity contribution is -0.131. The molecule has 1 heterocycles. The van der Waals surface area contributed by atoms with Gasteiger partial charge in [0.25, 0.3) is 0 Å². The monoisotopic (exact) mass is 321 g/mol. The van der Waals surface area contributed by atoms with Crippen LogP contribution < -0.4 is 0 Å². The van der Waals surface area contributed by atoms with Gasteiger partial charge in [-0.25, -0.2) is 0 Å². The third-order valence-electron chi connectivity index (χ3n) is 4.13. The zero-order valence-electron chi connectivity index (χ0n) is 13.5. The van der Waals surface area contributed by atoms with Crippen LogP contribution in [0.2, 0.25) is 0 Å². The number of benzene rings is 1. The number of rotatable bonds is 8. The summed E-state index contributed by atoms with van der Waals surface area (Å²) in [5.74, 6) is 2.81. The Kier molecular flexibility index (Phi) is 7.81. The molecular formula is C18H27NO2S. The molecule has 0 spiro atoms. The Morgan fingerprint density at radius 1 is 1.27 bits per heavy atom. The Morgan fingerprint density at radius 3 is 2.68 bits per heavy atom. The molecule has 1 aromatic rings. The first-order valence-electron chi connectivity index (χ1n) is 8.26. The highest BCUT2D eigenvalue weighted by Crippen LogP contribution is 2.17. The highest BCUT2D eigenvalue weighted by atomic mass is 32.2. The Balaban J connectivity index is 1.65. The van der Waals surface area contributed by atoms with E-state index in [0.717, 1.165) is 50.7 Å². The second-order valence-electron chi connectivity index (χ2n) is 5.78. The fraction of sp³-hybridized carbons (Fsp3) is 0.611. The molecule has 0 radical (unpaired) electrons. The third kappa shape index (κ3) is 6.01. The SMILES string of the molecule is CCN(CC1CCOCC1)C(=O)CCSCc1ccccc1. The molecule has 0 aliphatic carbocycles. The number of carbonyl (C=O) groups excluding carboxylic acids is 1. The summed E-state index contributed by atoms with van der Waals surface area (Å²) in [4.78, 5) is 14.4. The summed E-state index contributed by atoms with van der Waals surface area (Å²) in [5, 5.41) is 0. The molecule has 2 rings (SSSR count). The highest BCUT2D eigenvalue weighted by Gasteiger charge is 2.19. The fourth-order valence-corrected chi connectivity index (χ4v) is 3.62. The lowest BCUT2D eigenvalue weighted by Gasteiger charge is -2.29. The molecule has 1 aromatic carbocycles. The van der Waals surface area contributed by atoms with Crippen molar-refractivity contribution in [2.24, 2.45) is 5.92 Å². The van der Waals surface area contributed by atoms with Crippen molar-refractivity contribution in [3.63, 3.8) is 0 Å². The molecule has 0 unspecified atom stereocenters. The molecule has 1 aliphatic heterocycles. The quantitative estimate of drug-likeness (QED) is 0.685. The number of nitrogens with zero attached hydrogens (tertiary/aromatic N) is 1. The van der Waals surface area contributed by atoms with Gasteiger partial charge in [0, 0.05) is 44.2 Å². The molecule has 22 heavy (non-hydrogen) atoms. The predicted octanol–water partition coefficient (Wildman–Crippen LogP) is 3.59. The van der Waals surface area contributed by atoms with Crippen LogP contribution in [-0.2, 0) is 15.3 Å². The van der Waals surface area contributed by atoms with Gasteiger partial charge in [0.2, 0.25) is 5.91 Å². The van der Waals surface area contributed by atoms with E-state index in [2.05, 4.69) is 31.2 Å². The van der Waals surface area contributed by atoms with E-state index >= 15 is 0 Å². The summed E-state index contributed by atoms with van der Waals surface area (Å²) in [5.41, 5.74) is 1.33. The van der Waals surface area contributed by atoms with E-state index in [-0.39, 0.29) is 0 Å². The van der Waals surface area contributed by atoms with Crippen molar-refractivity contribution in [3.05, 3.63) is 35.9 Å². The average molecular weight is 321 g/mol. The van der Waals surface area contributed by atoms with Crippen molar-refractivity contribution in [1.82, 2.24) is 4.90 Å². The van der Waals surface area contributed by atoms with Gasteiger partial charge in [0.1, 0.15) is 0 Å². The van der Waals surface area contributed by atoms with Gasteiger partial charge in [0.05, 0.1) is 0 Å². The van der Waals surface area contributed by atoms with Crippen LogP contribution in [0.4, 0.5) is 0 Å². The topological polar surface area (TPSA) is 29.5 Å². The molecule has 0 bridgehead atoms. The van der Waals surface area contributed by atoms with Crippen LogP contribution >= 0.6 is 11.8 Å². The maximum Gasteiger partial charge on any atom is 0.223 e. The number of hydrogen-bond donors (Lipinski definition) is 0. The summed E-state index contributed by atoms with van der Waals surface area (Å²) >= 11 is 1.84. The minimum absolute atomic E-state index is 0.301. The molecule has 0 atom stereocenters.